The number of ketones is 1. The molecule has 0 fully saturated rings. The van der Waals surface area contributed by atoms with E-state index in [1.165, 1.54) is 6.92 Å². The molecule has 0 saturated carbocycles. The number of Topliss-reactive ketones (excluding diaryl/α,β-unsaturated/α-hetero) is 1. The minimum atomic E-state index is -0.133. The Balaban J connectivity index is 2.06. The highest BCUT2D eigenvalue weighted by Gasteiger charge is 2.08. The second kappa shape index (κ2) is 7.64. The molecular weight excluding hydrogens is 282 g/mol. The van der Waals surface area contributed by atoms with Gasteiger partial charge in [0.1, 0.15) is 5.78 Å². The molecule has 3 nitrogen and oxygen atoms in total. The van der Waals surface area contributed by atoms with Crippen LogP contribution in [0.4, 0.5) is 5.69 Å². The Morgan fingerprint density at radius 2 is 1.62 bits per heavy atom. The van der Waals surface area contributed by atoms with Crippen molar-refractivity contribution in [3.63, 3.8) is 0 Å². The van der Waals surface area contributed by atoms with Gasteiger partial charge in [-0.2, -0.15) is 0 Å². The van der Waals surface area contributed by atoms with Crippen LogP contribution in [0.1, 0.15) is 19.8 Å². The summed E-state index contributed by atoms with van der Waals surface area (Å²) in [5, 5.41) is 2.87. The van der Waals surface area contributed by atoms with E-state index in [9.17, 15) is 9.59 Å². The van der Waals surface area contributed by atoms with E-state index in [2.05, 4.69) is 5.32 Å². The van der Waals surface area contributed by atoms with E-state index in [1.807, 2.05) is 54.6 Å². The van der Waals surface area contributed by atoms with Gasteiger partial charge in [0, 0.05) is 22.6 Å². The third kappa shape index (κ3) is 5.08. The molecule has 0 aliphatic carbocycles. The summed E-state index contributed by atoms with van der Waals surface area (Å²) in [6.07, 6.45) is 0.500. The minimum absolute atomic E-state index is 0.0251. The van der Waals surface area contributed by atoms with Crippen molar-refractivity contribution in [2.45, 2.75) is 29.6 Å². The molecule has 4 heteroatoms. The zero-order valence-corrected chi connectivity index (χ0v) is 12.7. The van der Waals surface area contributed by atoms with Crippen molar-refractivity contribution in [1.29, 1.82) is 0 Å². The molecule has 0 spiro atoms. The van der Waals surface area contributed by atoms with Gasteiger partial charge in [-0.25, -0.2) is 0 Å². The summed E-state index contributed by atoms with van der Waals surface area (Å²) in [5.41, 5.74) is 0.778. The van der Waals surface area contributed by atoms with Crippen molar-refractivity contribution in [2.24, 2.45) is 0 Å². The van der Waals surface area contributed by atoms with Gasteiger partial charge in [0.15, 0.2) is 0 Å². The molecule has 0 aliphatic heterocycles. The zero-order valence-electron chi connectivity index (χ0n) is 11.8. The van der Waals surface area contributed by atoms with Gasteiger partial charge >= 0.3 is 0 Å². The molecular formula is C17H17NO2S. The highest BCUT2D eigenvalue weighted by atomic mass is 32.2. The predicted molar refractivity (Wildman–Crippen MR) is 85.6 cm³/mol. The number of hydrogen-bond acceptors (Lipinski definition) is 3. The minimum Gasteiger partial charge on any atom is -0.325 e. The topological polar surface area (TPSA) is 46.2 Å². The molecule has 1 amide bonds. The number of carbonyl (C=O) groups excluding carboxylic acids is 2. The first-order chi connectivity index (χ1) is 10.1. The largest absolute Gasteiger partial charge is 0.325 e. The third-order valence-corrected chi connectivity index (χ3v) is 3.92. The maximum absolute atomic E-state index is 11.8. The van der Waals surface area contributed by atoms with Gasteiger partial charge in [0.05, 0.1) is 5.69 Å². The van der Waals surface area contributed by atoms with Crippen molar-refractivity contribution in [3.05, 3.63) is 54.6 Å². The normalized spacial score (nSPS) is 10.1. The van der Waals surface area contributed by atoms with Crippen molar-refractivity contribution < 1.29 is 9.59 Å². The first-order valence-corrected chi connectivity index (χ1v) is 7.58. The van der Waals surface area contributed by atoms with Crippen molar-refractivity contribution in [1.82, 2.24) is 0 Å². The second-order valence-electron chi connectivity index (χ2n) is 4.66. The fraction of sp³-hybridized carbons (Fsp3) is 0.176. The molecule has 108 valence electrons. The molecule has 0 aromatic heterocycles. The summed E-state index contributed by atoms with van der Waals surface area (Å²) < 4.78 is 0. The standard InChI is InChI=1S/C17H17NO2S/c1-13(19)11-12-17(20)18-15-9-5-6-10-16(15)21-14-7-3-2-4-8-14/h2-10H,11-12H2,1H3,(H,18,20). The van der Waals surface area contributed by atoms with Crippen LogP contribution >= 0.6 is 11.8 Å². The van der Waals surface area contributed by atoms with E-state index < -0.39 is 0 Å². The third-order valence-electron chi connectivity index (χ3n) is 2.84. The Morgan fingerprint density at radius 3 is 2.33 bits per heavy atom. The zero-order chi connectivity index (χ0) is 15.1. The van der Waals surface area contributed by atoms with Gasteiger partial charge in [-0.3, -0.25) is 4.79 Å². The molecule has 21 heavy (non-hydrogen) atoms. The van der Waals surface area contributed by atoms with E-state index >= 15 is 0 Å². The second-order valence-corrected chi connectivity index (χ2v) is 5.78. The quantitative estimate of drug-likeness (QED) is 0.871. The molecule has 0 bridgehead atoms. The number of hydrogen-bond donors (Lipinski definition) is 1. The lowest BCUT2D eigenvalue weighted by molar-refractivity contribution is -0.121. The summed E-state index contributed by atoms with van der Waals surface area (Å²) in [6, 6.07) is 17.7. The van der Waals surface area contributed by atoms with Gasteiger partial charge in [-0.05, 0) is 31.2 Å². The molecule has 0 atom stereocenters. The average molecular weight is 299 g/mol. The van der Waals surface area contributed by atoms with Crippen LogP contribution in [0.25, 0.3) is 0 Å². The van der Waals surface area contributed by atoms with Crippen LogP contribution in [0.5, 0.6) is 0 Å². The fourth-order valence-electron chi connectivity index (χ4n) is 1.78. The Morgan fingerprint density at radius 1 is 0.952 bits per heavy atom. The van der Waals surface area contributed by atoms with Gasteiger partial charge in [0.2, 0.25) is 5.91 Å². The Labute approximate surface area is 128 Å². The van der Waals surface area contributed by atoms with Crippen LogP contribution < -0.4 is 5.32 Å². The lowest BCUT2D eigenvalue weighted by atomic mass is 10.2. The maximum atomic E-state index is 11.8. The molecule has 2 aromatic carbocycles. The van der Waals surface area contributed by atoms with Crippen LogP contribution in [-0.2, 0) is 9.59 Å². The van der Waals surface area contributed by atoms with E-state index in [1.54, 1.807) is 11.8 Å². The van der Waals surface area contributed by atoms with Gasteiger partial charge in [-0.1, -0.05) is 42.1 Å². The van der Waals surface area contributed by atoms with Crippen LogP contribution in [-0.4, -0.2) is 11.7 Å². The number of nitrogens with one attached hydrogen (secondary N) is 1. The number of rotatable bonds is 6. The van der Waals surface area contributed by atoms with Crippen molar-refractivity contribution in [2.75, 3.05) is 5.32 Å². The summed E-state index contributed by atoms with van der Waals surface area (Å²) in [4.78, 5) is 24.9. The van der Waals surface area contributed by atoms with E-state index in [0.717, 1.165) is 15.5 Å². The lowest BCUT2D eigenvalue weighted by Gasteiger charge is -2.10. The van der Waals surface area contributed by atoms with Gasteiger partial charge in [-0.15, -0.1) is 0 Å². The lowest BCUT2D eigenvalue weighted by Crippen LogP contribution is -2.13. The van der Waals surface area contributed by atoms with E-state index in [4.69, 9.17) is 0 Å². The SMILES string of the molecule is CC(=O)CCC(=O)Nc1ccccc1Sc1ccccc1. The highest BCUT2D eigenvalue weighted by molar-refractivity contribution is 7.99. The Hall–Kier alpha value is -2.07. The van der Waals surface area contributed by atoms with E-state index in [-0.39, 0.29) is 24.5 Å². The van der Waals surface area contributed by atoms with Crippen LogP contribution in [0.15, 0.2) is 64.4 Å². The molecule has 2 aromatic rings. The van der Waals surface area contributed by atoms with Crippen molar-refractivity contribution in [3.8, 4) is 0 Å². The first-order valence-electron chi connectivity index (χ1n) is 6.76. The molecule has 0 saturated heterocycles. The molecule has 0 aliphatic rings. The maximum Gasteiger partial charge on any atom is 0.224 e. The number of amides is 1. The Bertz CT molecular complexity index is 626. The monoisotopic (exact) mass is 299 g/mol. The van der Waals surface area contributed by atoms with Crippen LogP contribution in [0, 0.1) is 0 Å². The summed E-state index contributed by atoms with van der Waals surface area (Å²) in [7, 11) is 0. The average Bonchev–Trinajstić information content (AvgIpc) is 2.48. The van der Waals surface area contributed by atoms with Gasteiger partial charge in [0.25, 0.3) is 0 Å². The number of anilines is 1. The Kier molecular flexibility index (Phi) is 5.58. The fourth-order valence-corrected chi connectivity index (χ4v) is 2.70. The van der Waals surface area contributed by atoms with Crippen LogP contribution in [0.2, 0.25) is 0 Å². The summed E-state index contributed by atoms with van der Waals surface area (Å²) >= 11 is 1.60. The summed E-state index contributed by atoms with van der Waals surface area (Å²) in [5.74, 6) is -0.108. The molecule has 0 unspecified atom stereocenters. The number of carbonyl (C=O) groups is 2. The number of benzene rings is 2. The van der Waals surface area contributed by atoms with Crippen molar-refractivity contribution >= 4 is 29.1 Å². The highest BCUT2D eigenvalue weighted by Crippen LogP contribution is 2.33. The molecule has 0 radical (unpaired) electrons. The molecule has 1 N–H and O–H groups in total. The van der Waals surface area contributed by atoms with Crippen LogP contribution in [0.3, 0.4) is 0 Å². The molecule has 2 rings (SSSR count). The van der Waals surface area contributed by atoms with Gasteiger partial charge < -0.3 is 10.1 Å². The van der Waals surface area contributed by atoms with E-state index in [0.29, 0.717) is 0 Å². The number of para-hydroxylation sites is 1. The summed E-state index contributed by atoms with van der Waals surface area (Å²) in [6.45, 7) is 1.49. The predicted octanol–water partition coefficient (Wildman–Crippen LogP) is 4.15. The first kappa shape index (κ1) is 15.3. The smallest absolute Gasteiger partial charge is 0.224 e. The molecule has 0 heterocycles.